The number of nitrogens with zero attached hydrogens (tertiary/aromatic N) is 2. The lowest BCUT2D eigenvalue weighted by molar-refractivity contribution is -0.153. The molecule has 1 saturated heterocycles. The zero-order valence-corrected chi connectivity index (χ0v) is 12.8. The monoisotopic (exact) mass is 364 g/mol. The molecule has 0 aliphatic carbocycles. The van der Waals surface area contributed by atoms with Crippen LogP contribution < -0.4 is 0 Å². The van der Waals surface area contributed by atoms with E-state index in [0.717, 1.165) is 10.4 Å². The number of morpholine rings is 1. The van der Waals surface area contributed by atoms with E-state index in [9.17, 15) is 26.4 Å². The number of benzene rings is 1. The number of carbonyl (C=O) groups is 1. The van der Waals surface area contributed by atoms with Crippen LogP contribution in [0.1, 0.15) is 11.1 Å². The zero-order valence-electron chi connectivity index (χ0n) is 11.9. The molecule has 0 radical (unpaired) electrons. The highest BCUT2D eigenvalue weighted by molar-refractivity contribution is 7.89. The van der Waals surface area contributed by atoms with Crippen molar-refractivity contribution < 1.29 is 36.2 Å². The van der Waals surface area contributed by atoms with Crippen molar-refractivity contribution in [1.82, 2.24) is 4.31 Å². The molecule has 2 rings (SSSR count). The van der Waals surface area contributed by atoms with Gasteiger partial charge < -0.3 is 9.84 Å². The Balaban J connectivity index is 2.40. The van der Waals surface area contributed by atoms with Crippen LogP contribution in [0.2, 0.25) is 0 Å². The Morgan fingerprint density at radius 2 is 2.08 bits per heavy atom. The molecule has 0 saturated carbocycles. The number of ether oxygens (including phenoxy) is 1. The molecule has 0 amide bonds. The topological polar surface area (TPSA) is 108 Å². The Kier molecular flexibility index (Phi) is 4.84. The molecule has 1 unspecified atom stereocenters. The van der Waals surface area contributed by atoms with Crippen molar-refractivity contribution in [1.29, 1.82) is 5.26 Å². The van der Waals surface area contributed by atoms with E-state index in [2.05, 4.69) is 0 Å². The Labute approximate surface area is 134 Å². The van der Waals surface area contributed by atoms with E-state index in [4.69, 9.17) is 15.1 Å². The van der Waals surface area contributed by atoms with Gasteiger partial charge in [0.1, 0.15) is 0 Å². The van der Waals surface area contributed by atoms with E-state index in [1.807, 2.05) is 0 Å². The van der Waals surface area contributed by atoms with Crippen molar-refractivity contribution in [3.05, 3.63) is 29.3 Å². The summed E-state index contributed by atoms with van der Waals surface area (Å²) in [7, 11) is -4.25. The summed E-state index contributed by atoms with van der Waals surface area (Å²) in [6.45, 7) is -0.780. The highest BCUT2D eigenvalue weighted by Crippen LogP contribution is 2.33. The van der Waals surface area contributed by atoms with Crippen LogP contribution in [0.15, 0.2) is 23.1 Å². The summed E-state index contributed by atoms with van der Waals surface area (Å²) in [5, 5.41) is 17.7. The van der Waals surface area contributed by atoms with Crippen LogP contribution in [0.5, 0.6) is 0 Å². The molecule has 1 aliphatic rings. The van der Waals surface area contributed by atoms with Crippen molar-refractivity contribution in [2.75, 3.05) is 19.7 Å². The van der Waals surface area contributed by atoms with E-state index < -0.39 is 50.8 Å². The van der Waals surface area contributed by atoms with Gasteiger partial charge in [-0.3, -0.25) is 0 Å². The molecule has 1 aliphatic heterocycles. The summed E-state index contributed by atoms with van der Waals surface area (Å²) >= 11 is 0. The first-order valence-electron chi connectivity index (χ1n) is 6.53. The number of halogens is 3. The van der Waals surface area contributed by atoms with Gasteiger partial charge in [-0.05, 0) is 18.2 Å². The molecule has 1 N–H and O–H groups in total. The van der Waals surface area contributed by atoms with Crippen LogP contribution in [0, 0.1) is 11.3 Å². The summed E-state index contributed by atoms with van der Waals surface area (Å²) in [5.74, 6) is -1.35. The molecule has 0 bridgehead atoms. The third-order valence-corrected chi connectivity index (χ3v) is 5.22. The van der Waals surface area contributed by atoms with Gasteiger partial charge in [-0.2, -0.15) is 22.7 Å². The smallest absolute Gasteiger partial charge is 0.417 e. The van der Waals surface area contributed by atoms with Gasteiger partial charge in [-0.25, -0.2) is 13.2 Å². The van der Waals surface area contributed by atoms with E-state index in [-0.39, 0.29) is 13.2 Å². The van der Waals surface area contributed by atoms with Gasteiger partial charge in [0.05, 0.1) is 35.2 Å². The van der Waals surface area contributed by atoms with Gasteiger partial charge >= 0.3 is 12.1 Å². The number of aliphatic carboxylic acids is 1. The zero-order chi connectivity index (χ0) is 18.1. The second kappa shape index (κ2) is 6.39. The van der Waals surface area contributed by atoms with E-state index in [0.29, 0.717) is 12.1 Å². The first-order chi connectivity index (χ1) is 11.1. The van der Waals surface area contributed by atoms with Gasteiger partial charge in [-0.15, -0.1) is 0 Å². The van der Waals surface area contributed by atoms with Crippen LogP contribution in [-0.2, 0) is 25.7 Å². The second-order valence-electron chi connectivity index (χ2n) is 4.88. The van der Waals surface area contributed by atoms with Gasteiger partial charge in [0.2, 0.25) is 10.0 Å². The third-order valence-electron chi connectivity index (χ3n) is 3.36. The second-order valence-corrected chi connectivity index (χ2v) is 6.82. The fraction of sp³-hybridized carbons (Fsp3) is 0.385. The maximum atomic E-state index is 12.8. The minimum absolute atomic E-state index is 0.144. The van der Waals surface area contributed by atoms with Crippen LogP contribution in [0.25, 0.3) is 0 Å². The average Bonchev–Trinajstić information content (AvgIpc) is 2.53. The summed E-state index contributed by atoms with van der Waals surface area (Å²) < 4.78 is 68.9. The van der Waals surface area contributed by atoms with Crippen molar-refractivity contribution in [3.8, 4) is 6.07 Å². The van der Waals surface area contributed by atoms with E-state index in [1.165, 1.54) is 6.07 Å². The molecule has 1 aromatic rings. The van der Waals surface area contributed by atoms with Gasteiger partial charge in [0, 0.05) is 6.54 Å². The first kappa shape index (κ1) is 18.2. The van der Waals surface area contributed by atoms with Crippen LogP contribution in [-0.4, -0.2) is 49.6 Å². The highest BCUT2D eigenvalue weighted by atomic mass is 32.2. The summed E-state index contributed by atoms with van der Waals surface area (Å²) in [4.78, 5) is 10.4. The normalized spacial score (nSPS) is 19.7. The maximum absolute atomic E-state index is 12.8. The minimum Gasteiger partial charge on any atom is -0.479 e. The molecule has 11 heteroatoms. The molecular formula is C13H11F3N2O5S. The lowest BCUT2D eigenvalue weighted by Crippen LogP contribution is -2.48. The van der Waals surface area contributed by atoms with Gasteiger partial charge in [0.15, 0.2) is 6.10 Å². The maximum Gasteiger partial charge on any atom is 0.417 e. The largest absolute Gasteiger partial charge is 0.479 e. The number of hydrogen-bond acceptors (Lipinski definition) is 5. The number of carboxylic acid groups (broad SMARTS) is 1. The minimum atomic E-state index is -4.79. The molecule has 0 aromatic heterocycles. The summed E-state index contributed by atoms with van der Waals surface area (Å²) in [5.41, 5.74) is -2.07. The Hall–Kier alpha value is -2.16. The fourth-order valence-electron chi connectivity index (χ4n) is 2.17. The third kappa shape index (κ3) is 3.50. The average molecular weight is 364 g/mol. The van der Waals surface area contributed by atoms with E-state index >= 15 is 0 Å². The number of rotatable bonds is 3. The fourth-order valence-corrected chi connectivity index (χ4v) is 3.62. The molecule has 7 nitrogen and oxygen atoms in total. The number of carboxylic acids is 1. The number of hydrogen-bond donors (Lipinski definition) is 1. The van der Waals surface area contributed by atoms with Crippen LogP contribution in [0.4, 0.5) is 13.2 Å². The molecule has 0 spiro atoms. The Morgan fingerprint density at radius 1 is 1.42 bits per heavy atom. The molecular weight excluding hydrogens is 353 g/mol. The van der Waals surface area contributed by atoms with Gasteiger partial charge in [0.25, 0.3) is 0 Å². The number of sulfonamides is 1. The van der Waals surface area contributed by atoms with E-state index in [1.54, 1.807) is 0 Å². The highest BCUT2D eigenvalue weighted by Gasteiger charge is 2.37. The predicted octanol–water partition coefficient (Wildman–Crippen LogP) is 1.05. The van der Waals surface area contributed by atoms with Gasteiger partial charge in [-0.1, -0.05) is 0 Å². The molecule has 24 heavy (non-hydrogen) atoms. The van der Waals surface area contributed by atoms with Crippen molar-refractivity contribution in [2.24, 2.45) is 0 Å². The molecule has 130 valence electrons. The Bertz CT molecular complexity index is 801. The SMILES string of the molecule is N#Cc1cc(S(=O)(=O)N2CCOC(C(=O)O)C2)ccc1C(F)(F)F. The number of alkyl halides is 3. The summed E-state index contributed by atoms with van der Waals surface area (Å²) in [6, 6.07) is 3.21. The summed E-state index contributed by atoms with van der Waals surface area (Å²) in [6.07, 6.45) is -6.15. The quantitative estimate of drug-likeness (QED) is 0.859. The van der Waals surface area contributed by atoms with Crippen LogP contribution >= 0.6 is 0 Å². The van der Waals surface area contributed by atoms with Crippen LogP contribution in [0.3, 0.4) is 0 Å². The van der Waals surface area contributed by atoms with Crippen molar-refractivity contribution >= 4 is 16.0 Å². The van der Waals surface area contributed by atoms with Crippen molar-refractivity contribution in [3.63, 3.8) is 0 Å². The molecule has 1 fully saturated rings. The lowest BCUT2D eigenvalue weighted by Gasteiger charge is -2.30. The molecule has 1 aromatic carbocycles. The number of nitriles is 1. The standard InChI is InChI=1S/C13H11F3N2O5S/c14-13(15,16)10-2-1-9(5-8(10)6-17)24(21,22)18-3-4-23-11(7-18)12(19)20/h1-2,5,11H,3-4,7H2,(H,19,20). The molecule has 1 atom stereocenters. The Morgan fingerprint density at radius 3 is 2.62 bits per heavy atom. The predicted molar refractivity (Wildman–Crippen MR) is 72.3 cm³/mol. The first-order valence-corrected chi connectivity index (χ1v) is 7.97. The van der Waals surface area contributed by atoms with Crippen molar-refractivity contribution in [2.45, 2.75) is 17.2 Å². The lowest BCUT2D eigenvalue weighted by atomic mass is 10.1. The molecule has 1 heterocycles.